The lowest BCUT2D eigenvalue weighted by molar-refractivity contribution is 0.103. The number of amides is 1. The summed E-state index contributed by atoms with van der Waals surface area (Å²) in [5.74, 6) is 0.468. The van der Waals surface area contributed by atoms with Gasteiger partial charge in [-0.05, 0) is 49.2 Å². The van der Waals surface area contributed by atoms with Crippen molar-refractivity contribution in [2.75, 3.05) is 5.32 Å². The maximum absolute atomic E-state index is 12.8. The quantitative estimate of drug-likeness (QED) is 0.495. The van der Waals surface area contributed by atoms with E-state index in [1.165, 1.54) is 22.2 Å². The van der Waals surface area contributed by atoms with E-state index in [0.29, 0.717) is 39.5 Å². The van der Waals surface area contributed by atoms with Gasteiger partial charge in [-0.1, -0.05) is 30.3 Å². The molecule has 4 aromatic rings. The van der Waals surface area contributed by atoms with E-state index in [-0.39, 0.29) is 11.5 Å². The van der Waals surface area contributed by atoms with Crippen LogP contribution in [0.25, 0.3) is 10.2 Å². The van der Waals surface area contributed by atoms with Gasteiger partial charge in [-0.25, -0.2) is 4.98 Å². The first-order chi connectivity index (χ1) is 14.6. The second-order valence-corrected chi connectivity index (χ2v) is 7.82. The summed E-state index contributed by atoms with van der Waals surface area (Å²) < 4.78 is 7.31. The van der Waals surface area contributed by atoms with Crippen LogP contribution < -0.4 is 15.6 Å². The summed E-state index contributed by atoms with van der Waals surface area (Å²) in [5.41, 5.74) is 2.29. The molecule has 0 bridgehead atoms. The molecule has 0 saturated heterocycles. The number of ether oxygens (including phenoxy) is 1. The molecule has 0 fully saturated rings. The smallest absolute Gasteiger partial charge is 0.266 e. The monoisotopic (exact) mass is 419 g/mol. The summed E-state index contributed by atoms with van der Waals surface area (Å²) >= 11 is 1.23. The second-order valence-electron chi connectivity index (χ2n) is 6.82. The minimum Gasteiger partial charge on any atom is -0.489 e. The molecule has 4 rings (SSSR count). The van der Waals surface area contributed by atoms with Crippen molar-refractivity contribution in [3.8, 4) is 5.75 Å². The molecule has 0 aliphatic rings. The molecule has 0 aliphatic carbocycles. The molecule has 152 valence electrons. The zero-order valence-electron chi connectivity index (χ0n) is 16.7. The van der Waals surface area contributed by atoms with Gasteiger partial charge in [0.2, 0.25) is 0 Å². The van der Waals surface area contributed by atoms with Crippen molar-refractivity contribution in [3.63, 3.8) is 0 Å². The molecule has 1 amide bonds. The average Bonchev–Trinajstić information content (AvgIpc) is 3.11. The highest BCUT2D eigenvalue weighted by Crippen LogP contribution is 2.28. The number of hydrogen-bond donors (Lipinski definition) is 1. The van der Waals surface area contributed by atoms with E-state index in [4.69, 9.17) is 4.74 Å². The fraction of sp³-hybridized carbons (Fsp3) is 0.174. The molecule has 7 heteroatoms. The maximum atomic E-state index is 12.8. The average molecular weight is 420 g/mol. The van der Waals surface area contributed by atoms with Crippen LogP contribution in [0.4, 0.5) is 5.69 Å². The van der Waals surface area contributed by atoms with E-state index in [1.807, 2.05) is 49.4 Å². The van der Waals surface area contributed by atoms with E-state index < -0.39 is 0 Å². The predicted octanol–water partition coefficient (Wildman–Crippen LogP) is 4.62. The van der Waals surface area contributed by atoms with Gasteiger partial charge in [0.25, 0.3) is 11.5 Å². The number of carbonyl (C=O) groups excluding carboxylic acids is 1. The van der Waals surface area contributed by atoms with Crippen LogP contribution in [0.2, 0.25) is 0 Å². The van der Waals surface area contributed by atoms with Gasteiger partial charge in [0.1, 0.15) is 17.2 Å². The second kappa shape index (κ2) is 8.51. The van der Waals surface area contributed by atoms with E-state index in [1.54, 1.807) is 19.1 Å². The molecule has 2 aromatic heterocycles. The standard InChI is InChI=1S/C23H21N3O3S/c1-3-26-14-24-22-19(23(26)28)15(2)20(30-22)21(27)25-17-9-11-18(12-10-17)29-13-16-7-5-4-6-8-16/h4-12,14H,3,13H2,1-2H3,(H,25,27). The van der Waals surface area contributed by atoms with E-state index in [0.717, 1.165) is 11.3 Å². The van der Waals surface area contributed by atoms with Gasteiger partial charge in [-0.3, -0.25) is 14.2 Å². The number of hydrogen-bond acceptors (Lipinski definition) is 5. The van der Waals surface area contributed by atoms with Crippen molar-refractivity contribution in [1.82, 2.24) is 9.55 Å². The Hall–Kier alpha value is -3.45. The fourth-order valence-corrected chi connectivity index (χ4v) is 4.20. The van der Waals surface area contributed by atoms with Crippen LogP contribution in [0.15, 0.2) is 65.7 Å². The molecule has 6 nitrogen and oxygen atoms in total. The van der Waals surface area contributed by atoms with Gasteiger partial charge in [-0.2, -0.15) is 0 Å². The Morgan fingerprint density at radius 3 is 2.57 bits per heavy atom. The minimum atomic E-state index is -0.254. The largest absolute Gasteiger partial charge is 0.489 e. The predicted molar refractivity (Wildman–Crippen MR) is 119 cm³/mol. The summed E-state index contributed by atoms with van der Waals surface area (Å²) in [4.78, 5) is 30.8. The fourth-order valence-electron chi connectivity index (χ4n) is 3.16. The number of nitrogens with zero attached hydrogens (tertiary/aromatic N) is 2. The third-order valence-electron chi connectivity index (χ3n) is 4.82. The van der Waals surface area contributed by atoms with Crippen molar-refractivity contribution in [3.05, 3.63) is 87.3 Å². The third-order valence-corrected chi connectivity index (χ3v) is 6.02. The maximum Gasteiger partial charge on any atom is 0.266 e. The van der Waals surface area contributed by atoms with Crippen molar-refractivity contribution < 1.29 is 9.53 Å². The Bertz CT molecular complexity index is 1240. The van der Waals surface area contributed by atoms with Gasteiger partial charge >= 0.3 is 0 Å². The van der Waals surface area contributed by atoms with Crippen LogP contribution in [-0.2, 0) is 13.2 Å². The Kier molecular flexibility index (Phi) is 5.63. The minimum absolute atomic E-state index is 0.116. The summed E-state index contributed by atoms with van der Waals surface area (Å²) in [6.45, 7) is 4.70. The van der Waals surface area contributed by atoms with Crippen molar-refractivity contribution in [1.29, 1.82) is 0 Å². The van der Waals surface area contributed by atoms with Crippen LogP contribution >= 0.6 is 11.3 Å². The molecule has 0 saturated carbocycles. The lowest BCUT2D eigenvalue weighted by Gasteiger charge is -2.08. The van der Waals surface area contributed by atoms with E-state index in [9.17, 15) is 9.59 Å². The molecular weight excluding hydrogens is 398 g/mol. The summed E-state index contributed by atoms with van der Waals surface area (Å²) in [5, 5.41) is 3.40. The molecule has 30 heavy (non-hydrogen) atoms. The summed E-state index contributed by atoms with van der Waals surface area (Å²) in [6.07, 6.45) is 1.52. The number of aromatic nitrogens is 2. The zero-order chi connectivity index (χ0) is 21.1. The van der Waals surface area contributed by atoms with E-state index in [2.05, 4.69) is 10.3 Å². The Morgan fingerprint density at radius 1 is 1.13 bits per heavy atom. The first-order valence-electron chi connectivity index (χ1n) is 9.63. The Balaban J connectivity index is 1.48. The molecule has 0 radical (unpaired) electrons. The Labute approximate surface area is 177 Å². The number of benzene rings is 2. The van der Waals surface area contributed by atoms with Crippen LogP contribution in [0.5, 0.6) is 5.75 Å². The number of thiophene rings is 1. The molecule has 0 unspecified atom stereocenters. The third kappa shape index (κ3) is 3.97. The summed E-state index contributed by atoms with van der Waals surface area (Å²) in [7, 11) is 0. The number of aryl methyl sites for hydroxylation is 2. The van der Waals surface area contributed by atoms with E-state index >= 15 is 0 Å². The normalized spacial score (nSPS) is 10.9. The van der Waals surface area contributed by atoms with Gasteiger partial charge in [0.15, 0.2) is 0 Å². The molecule has 0 aliphatic heterocycles. The molecule has 2 aromatic carbocycles. The number of nitrogens with one attached hydrogen (secondary N) is 1. The van der Waals surface area contributed by atoms with Gasteiger partial charge in [-0.15, -0.1) is 11.3 Å². The van der Waals surface area contributed by atoms with Crippen molar-refractivity contribution >= 4 is 33.1 Å². The number of carbonyl (C=O) groups is 1. The Morgan fingerprint density at radius 2 is 1.87 bits per heavy atom. The molecule has 1 N–H and O–H groups in total. The van der Waals surface area contributed by atoms with Crippen LogP contribution in [-0.4, -0.2) is 15.5 Å². The topological polar surface area (TPSA) is 73.2 Å². The van der Waals surface area contributed by atoms with Gasteiger partial charge < -0.3 is 10.1 Å². The SMILES string of the molecule is CCn1cnc2sc(C(=O)Nc3ccc(OCc4ccccc4)cc3)c(C)c2c1=O. The van der Waals surface area contributed by atoms with Gasteiger partial charge in [0, 0.05) is 12.2 Å². The van der Waals surface area contributed by atoms with Crippen molar-refractivity contribution in [2.24, 2.45) is 0 Å². The van der Waals surface area contributed by atoms with Crippen molar-refractivity contribution in [2.45, 2.75) is 27.0 Å². The molecule has 0 spiro atoms. The number of anilines is 1. The highest BCUT2D eigenvalue weighted by Gasteiger charge is 2.19. The lowest BCUT2D eigenvalue weighted by atomic mass is 10.2. The molecular formula is C23H21N3O3S. The van der Waals surface area contributed by atoms with Crippen LogP contribution in [0, 0.1) is 6.92 Å². The first kappa shape index (κ1) is 19.8. The number of rotatable bonds is 6. The first-order valence-corrected chi connectivity index (χ1v) is 10.4. The van der Waals surface area contributed by atoms with Crippen LogP contribution in [0.1, 0.15) is 27.7 Å². The molecule has 0 atom stereocenters. The molecule has 2 heterocycles. The zero-order valence-corrected chi connectivity index (χ0v) is 17.5. The van der Waals surface area contributed by atoms with Gasteiger partial charge in [0.05, 0.1) is 16.6 Å². The summed E-state index contributed by atoms with van der Waals surface area (Å²) in [6, 6.07) is 17.1. The van der Waals surface area contributed by atoms with Crippen LogP contribution in [0.3, 0.4) is 0 Å². The lowest BCUT2D eigenvalue weighted by Crippen LogP contribution is -2.19. The highest BCUT2D eigenvalue weighted by molar-refractivity contribution is 7.20. The highest BCUT2D eigenvalue weighted by atomic mass is 32.1. The number of fused-ring (bicyclic) bond motifs is 1.